The summed E-state index contributed by atoms with van der Waals surface area (Å²) < 4.78 is 49.4. The summed E-state index contributed by atoms with van der Waals surface area (Å²) in [6.07, 6.45) is 0.995. The minimum atomic E-state index is -3.79. The number of amides is 1. The van der Waals surface area contributed by atoms with E-state index in [1.165, 1.54) is 33.3 Å². The molecule has 0 saturated heterocycles. The van der Waals surface area contributed by atoms with Crippen molar-refractivity contribution >= 4 is 21.6 Å². The monoisotopic (exact) mass is 424 g/mol. The van der Waals surface area contributed by atoms with Gasteiger partial charge in [0, 0.05) is 5.56 Å². The second-order valence-electron chi connectivity index (χ2n) is 6.55. The van der Waals surface area contributed by atoms with E-state index in [9.17, 15) is 17.6 Å². The van der Waals surface area contributed by atoms with Gasteiger partial charge < -0.3 is 14.8 Å². The Labute approximate surface area is 170 Å². The Balaban J connectivity index is 2.29. The lowest BCUT2D eigenvalue weighted by molar-refractivity contribution is -0.122. The van der Waals surface area contributed by atoms with Crippen LogP contribution in [0.4, 0.5) is 10.1 Å². The van der Waals surface area contributed by atoms with Crippen molar-refractivity contribution in [3.05, 3.63) is 53.8 Å². The van der Waals surface area contributed by atoms with E-state index in [1.807, 2.05) is 0 Å². The zero-order valence-corrected chi connectivity index (χ0v) is 17.8. The van der Waals surface area contributed by atoms with Crippen LogP contribution in [-0.4, -0.2) is 40.8 Å². The lowest BCUT2D eigenvalue weighted by Gasteiger charge is -2.29. The Morgan fingerprint density at radius 3 is 2.21 bits per heavy atom. The third kappa shape index (κ3) is 5.38. The molecule has 2 rings (SSSR count). The van der Waals surface area contributed by atoms with E-state index in [4.69, 9.17) is 9.47 Å². The van der Waals surface area contributed by atoms with Crippen molar-refractivity contribution in [2.24, 2.45) is 0 Å². The smallest absolute Gasteiger partial charge is 0.244 e. The number of methoxy groups -OCH3 is 2. The Hall–Kier alpha value is -2.81. The van der Waals surface area contributed by atoms with Crippen LogP contribution >= 0.6 is 0 Å². The highest BCUT2D eigenvalue weighted by Gasteiger charge is 2.30. The molecule has 0 heterocycles. The predicted molar refractivity (Wildman–Crippen MR) is 109 cm³/mol. The number of carbonyl (C=O) groups excluding carboxylic acids is 1. The van der Waals surface area contributed by atoms with Gasteiger partial charge in [-0.1, -0.05) is 0 Å². The molecule has 0 aliphatic carbocycles. The number of nitrogens with zero attached hydrogens (tertiary/aromatic N) is 1. The van der Waals surface area contributed by atoms with Crippen LogP contribution in [0.3, 0.4) is 0 Å². The number of sulfonamides is 1. The molecule has 0 aromatic heterocycles. The van der Waals surface area contributed by atoms with Crippen molar-refractivity contribution in [3.8, 4) is 11.5 Å². The molecule has 9 heteroatoms. The van der Waals surface area contributed by atoms with Gasteiger partial charge >= 0.3 is 0 Å². The fourth-order valence-electron chi connectivity index (χ4n) is 2.99. The Morgan fingerprint density at radius 1 is 1.07 bits per heavy atom. The topological polar surface area (TPSA) is 84.9 Å². The first-order valence-electron chi connectivity index (χ1n) is 8.85. The number of rotatable bonds is 8. The number of halogens is 1. The van der Waals surface area contributed by atoms with E-state index in [-0.39, 0.29) is 5.69 Å². The van der Waals surface area contributed by atoms with Crippen LogP contribution in [0.1, 0.15) is 25.5 Å². The molecular formula is C20H25FN2O5S. The summed E-state index contributed by atoms with van der Waals surface area (Å²) in [5.74, 6) is 0.138. The minimum absolute atomic E-state index is 0.197. The molecule has 0 aliphatic heterocycles. The average Bonchev–Trinajstić information content (AvgIpc) is 2.67. The molecule has 0 aliphatic rings. The van der Waals surface area contributed by atoms with E-state index in [1.54, 1.807) is 25.1 Å². The summed E-state index contributed by atoms with van der Waals surface area (Å²) in [6, 6.07) is 8.57. The SMILES string of the molecule is COc1ccc(OC)c([C@@H](C)NC(=O)[C@@H](C)N(c2ccc(F)cc2)S(C)(=O)=O)c1. The van der Waals surface area contributed by atoms with Crippen molar-refractivity contribution < 1.29 is 27.1 Å². The summed E-state index contributed by atoms with van der Waals surface area (Å²) in [5, 5.41) is 2.80. The standard InChI is InChI=1S/C20H25FN2O5S/c1-13(18-12-17(27-3)10-11-19(18)28-4)22-20(24)14(2)23(29(5,25)26)16-8-6-15(21)7-9-16/h6-14H,1-5H3,(H,22,24)/t13-,14-/m1/s1. The first kappa shape index (κ1) is 22.5. The Kier molecular flexibility index (Phi) is 7.07. The van der Waals surface area contributed by atoms with Crippen molar-refractivity contribution in [1.29, 1.82) is 0 Å². The maximum atomic E-state index is 13.2. The largest absolute Gasteiger partial charge is 0.497 e. The van der Waals surface area contributed by atoms with E-state index in [0.29, 0.717) is 17.1 Å². The summed E-state index contributed by atoms with van der Waals surface area (Å²) in [4.78, 5) is 12.8. The molecule has 2 aromatic rings. The predicted octanol–water partition coefficient (Wildman–Crippen LogP) is 2.87. The Morgan fingerprint density at radius 2 is 1.69 bits per heavy atom. The van der Waals surface area contributed by atoms with Gasteiger partial charge in [0.25, 0.3) is 0 Å². The molecule has 1 amide bonds. The van der Waals surface area contributed by atoms with Crippen LogP contribution in [0, 0.1) is 5.82 Å². The number of nitrogens with one attached hydrogen (secondary N) is 1. The zero-order chi connectivity index (χ0) is 21.8. The molecule has 0 fully saturated rings. The molecule has 0 radical (unpaired) electrons. The van der Waals surface area contributed by atoms with Gasteiger partial charge in [0.2, 0.25) is 15.9 Å². The summed E-state index contributed by atoms with van der Waals surface area (Å²) in [6.45, 7) is 3.22. The van der Waals surface area contributed by atoms with Gasteiger partial charge in [-0.15, -0.1) is 0 Å². The van der Waals surface area contributed by atoms with Gasteiger partial charge in [0.15, 0.2) is 0 Å². The van der Waals surface area contributed by atoms with Gasteiger partial charge in [-0.3, -0.25) is 9.10 Å². The number of hydrogen-bond donors (Lipinski definition) is 1. The number of anilines is 1. The maximum absolute atomic E-state index is 13.2. The lowest BCUT2D eigenvalue weighted by atomic mass is 10.1. The molecular weight excluding hydrogens is 399 g/mol. The van der Waals surface area contributed by atoms with Crippen molar-refractivity contribution in [2.75, 3.05) is 24.8 Å². The highest BCUT2D eigenvalue weighted by Crippen LogP contribution is 2.29. The van der Waals surface area contributed by atoms with E-state index in [2.05, 4.69) is 5.32 Å². The van der Waals surface area contributed by atoms with Gasteiger partial charge in [0.1, 0.15) is 23.4 Å². The van der Waals surface area contributed by atoms with Crippen molar-refractivity contribution in [2.45, 2.75) is 25.9 Å². The molecule has 0 spiro atoms. The molecule has 2 aromatic carbocycles. The highest BCUT2D eigenvalue weighted by atomic mass is 32.2. The molecule has 0 unspecified atom stereocenters. The number of ether oxygens (including phenoxy) is 2. The summed E-state index contributed by atoms with van der Waals surface area (Å²) in [5.41, 5.74) is 0.878. The van der Waals surface area contributed by atoms with Gasteiger partial charge in [-0.25, -0.2) is 12.8 Å². The average molecular weight is 424 g/mol. The third-order valence-electron chi connectivity index (χ3n) is 4.43. The first-order valence-corrected chi connectivity index (χ1v) is 10.7. The quantitative estimate of drug-likeness (QED) is 0.704. The van der Waals surface area contributed by atoms with Gasteiger partial charge in [-0.05, 0) is 56.3 Å². The lowest BCUT2D eigenvalue weighted by Crippen LogP contribution is -2.48. The first-order chi connectivity index (χ1) is 13.6. The second kappa shape index (κ2) is 9.13. The molecule has 0 bridgehead atoms. The molecule has 7 nitrogen and oxygen atoms in total. The van der Waals surface area contributed by atoms with Crippen molar-refractivity contribution in [1.82, 2.24) is 5.32 Å². The maximum Gasteiger partial charge on any atom is 0.244 e. The fourth-order valence-corrected chi connectivity index (χ4v) is 4.16. The van der Waals surface area contributed by atoms with Gasteiger partial charge in [0.05, 0.1) is 32.2 Å². The summed E-state index contributed by atoms with van der Waals surface area (Å²) in [7, 11) is -0.746. The minimum Gasteiger partial charge on any atom is -0.497 e. The number of carbonyl (C=O) groups is 1. The highest BCUT2D eigenvalue weighted by molar-refractivity contribution is 7.92. The Bertz CT molecular complexity index is 963. The van der Waals surface area contributed by atoms with Crippen LogP contribution in [0.5, 0.6) is 11.5 Å². The van der Waals surface area contributed by atoms with Crippen LogP contribution in [0.25, 0.3) is 0 Å². The van der Waals surface area contributed by atoms with Crippen LogP contribution < -0.4 is 19.1 Å². The number of hydrogen-bond acceptors (Lipinski definition) is 5. The normalized spacial score (nSPS) is 13.3. The van der Waals surface area contributed by atoms with Crippen molar-refractivity contribution in [3.63, 3.8) is 0 Å². The fraction of sp³-hybridized carbons (Fsp3) is 0.350. The zero-order valence-electron chi connectivity index (χ0n) is 17.0. The third-order valence-corrected chi connectivity index (χ3v) is 5.67. The van der Waals surface area contributed by atoms with Crippen LogP contribution in [-0.2, 0) is 14.8 Å². The molecule has 2 atom stereocenters. The number of benzene rings is 2. The van der Waals surface area contributed by atoms with E-state index in [0.717, 1.165) is 22.7 Å². The molecule has 0 saturated carbocycles. The summed E-state index contributed by atoms with van der Waals surface area (Å²) >= 11 is 0. The molecule has 158 valence electrons. The van der Waals surface area contributed by atoms with E-state index >= 15 is 0 Å². The van der Waals surface area contributed by atoms with E-state index < -0.39 is 33.8 Å². The van der Waals surface area contributed by atoms with Crippen LogP contribution in [0.15, 0.2) is 42.5 Å². The molecule has 1 N–H and O–H groups in total. The molecule has 29 heavy (non-hydrogen) atoms. The van der Waals surface area contributed by atoms with Gasteiger partial charge in [-0.2, -0.15) is 0 Å². The second-order valence-corrected chi connectivity index (χ2v) is 8.41. The van der Waals surface area contributed by atoms with Crippen LogP contribution in [0.2, 0.25) is 0 Å².